The number of rotatable bonds is 6. The number of hydrogen-bond acceptors (Lipinski definition) is 3. The van der Waals surface area contributed by atoms with Crippen molar-refractivity contribution in [1.82, 2.24) is 14.7 Å². The highest BCUT2D eigenvalue weighted by atomic mass is 16.5. The second kappa shape index (κ2) is 8.82. The van der Waals surface area contributed by atoms with Crippen LogP contribution in [0, 0.1) is 0 Å². The Morgan fingerprint density at radius 1 is 1.03 bits per heavy atom. The van der Waals surface area contributed by atoms with Crippen molar-refractivity contribution in [1.29, 1.82) is 0 Å². The minimum atomic E-state index is 0.0478. The maximum absolute atomic E-state index is 13.1. The molecule has 5 heteroatoms. The lowest BCUT2D eigenvalue weighted by Gasteiger charge is -2.26. The smallest absolute Gasteiger partial charge is 0.274 e. The number of aromatic nitrogens is 2. The molecule has 2 aromatic carbocycles. The average molecular weight is 414 g/mol. The van der Waals surface area contributed by atoms with Gasteiger partial charge in [0.25, 0.3) is 5.56 Å². The second-order valence-corrected chi connectivity index (χ2v) is 8.20. The van der Waals surface area contributed by atoms with Crippen LogP contribution in [0.25, 0.3) is 5.69 Å². The first-order valence-electron chi connectivity index (χ1n) is 10.9. The number of H-pyrrole nitrogens is 1. The molecule has 2 aliphatic rings. The van der Waals surface area contributed by atoms with Gasteiger partial charge in [-0.1, -0.05) is 54.6 Å². The van der Waals surface area contributed by atoms with Gasteiger partial charge in [0.15, 0.2) is 0 Å². The van der Waals surface area contributed by atoms with Crippen LogP contribution in [0.2, 0.25) is 0 Å². The molecular formula is C26H27N3O2. The molecule has 0 unspecified atom stereocenters. The third-order valence-corrected chi connectivity index (χ3v) is 5.93. The second-order valence-electron chi connectivity index (χ2n) is 8.20. The van der Waals surface area contributed by atoms with Crippen molar-refractivity contribution in [2.24, 2.45) is 0 Å². The standard InChI is InChI=1S/C26H27N3O2/c30-26-24-14-15-28(17-20-8-3-1-4-9-20)18-25(24)27-29(26)22-12-7-13-23(16-22)31-19-21-10-5-2-6-11-21/h2-3,5-13,16,27H,1,4,14-15,17-19H2. The van der Waals surface area contributed by atoms with Gasteiger partial charge in [-0.05, 0) is 42.5 Å². The van der Waals surface area contributed by atoms with E-state index in [1.54, 1.807) is 4.68 Å². The summed E-state index contributed by atoms with van der Waals surface area (Å²) < 4.78 is 7.60. The molecule has 31 heavy (non-hydrogen) atoms. The molecule has 1 N–H and O–H groups in total. The van der Waals surface area contributed by atoms with Gasteiger partial charge in [0, 0.05) is 31.3 Å². The van der Waals surface area contributed by atoms with Crippen molar-refractivity contribution in [3.05, 3.63) is 106 Å². The molecule has 0 fully saturated rings. The molecule has 0 spiro atoms. The van der Waals surface area contributed by atoms with Gasteiger partial charge >= 0.3 is 0 Å². The molecule has 2 heterocycles. The van der Waals surface area contributed by atoms with Gasteiger partial charge in [-0.15, -0.1) is 0 Å². The Bertz CT molecular complexity index is 1170. The first-order chi connectivity index (χ1) is 15.3. The maximum atomic E-state index is 13.1. The SMILES string of the molecule is O=c1c2c([nH]n1-c1cccc(OCc3ccccc3)c1)CN(CC1=CCCC=C1)CC2. The Balaban J connectivity index is 1.32. The first kappa shape index (κ1) is 19.6. The van der Waals surface area contributed by atoms with Crippen molar-refractivity contribution in [2.45, 2.75) is 32.4 Å². The molecule has 0 saturated heterocycles. The van der Waals surface area contributed by atoms with Crippen LogP contribution < -0.4 is 10.3 Å². The molecular weight excluding hydrogens is 386 g/mol. The van der Waals surface area contributed by atoms with E-state index < -0.39 is 0 Å². The number of hydrogen-bond donors (Lipinski definition) is 1. The predicted octanol–water partition coefficient (Wildman–Crippen LogP) is 4.38. The van der Waals surface area contributed by atoms with E-state index in [-0.39, 0.29) is 5.56 Å². The van der Waals surface area contributed by atoms with Crippen molar-refractivity contribution in [3.8, 4) is 11.4 Å². The lowest BCUT2D eigenvalue weighted by molar-refractivity contribution is 0.273. The molecule has 0 bridgehead atoms. The quantitative estimate of drug-likeness (QED) is 0.653. The normalized spacial score (nSPS) is 16.1. The molecule has 0 atom stereocenters. The highest BCUT2D eigenvalue weighted by Crippen LogP contribution is 2.21. The highest BCUT2D eigenvalue weighted by Gasteiger charge is 2.23. The summed E-state index contributed by atoms with van der Waals surface area (Å²) in [5.41, 5.74) is 5.26. The van der Waals surface area contributed by atoms with E-state index in [9.17, 15) is 4.79 Å². The summed E-state index contributed by atoms with van der Waals surface area (Å²) in [5, 5.41) is 3.36. The molecule has 3 aromatic rings. The Morgan fingerprint density at radius 3 is 2.77 bits per heavy atom. The van der Waals surface area contributed by atoms with Gasteiger partial charge < -0.3 is 4.74 Å². The first-order valence-corrected chi connectivity index (χ1v) is 10.9. The Kier molecular flexibility index (Phi) is 5.59. The summed E-state index contributed by atoms with van der Waals surface area (Å²) in [4.78, 5) is 15.5. The van der Waals surface area contributed by atoms with Gasteiger partial charge in [0.05, 0.1) is 11.4 Å². The van der Waals surface area contributed by atoms with Gasteiger partial charge in [-0.2, -0.15) is 0 Å². The van der Waals surface area contributed by atoms with E-state index >= 15 is 0 Å². The van der Waals surface area contributed by atoms with E-state index in [0.717, 1.165) is 67.2 Å². The number of aromatic amines is 1. The third kappa shape index (κ3) is 4.42. The molecule has 5 nitrogen and oxygen atoms in total. The molecule has 5 rings (SSSR count). The van der Waals surface area contributed by atoms with Crippen molar-refractivity contribution in [3.63, 3.8) is 0 Å². The Labute approximate surface area is 182 Å². The minimum absolute atomic E-state index is 0.0478. The topological polar surface area (TPSA) is 50.3 Å². The summed E-state index contributed by atoms with van der Waals surface area (Å²) in [7, 11) is 0. The molecule has 158 valence electrons. The number of allylic oxidation sites excluding steroid dienone is 2. The third-order valence-electron chi connectivity index (χ3n) is 5.93. The Hall–Kier alpha value is -3.31. The number of nitrogens with zero attached hydrogens (tertiary/aromatic N) is 2. The van der Waals surface area contributed by atoms with Crippen LogP contribution in [0.1, 0.15) is 29.7 Å². The minimum Gasteiger partial charge on any atom is -0.489 e. The molecule has 0 amide bonds. The largest absolute Gasteiger partial charge is 0.489 e. The van der Waals surface area contributed by atoms with Crippen LogP contribution in [-0.2, 0) is 19.6 Å². The summed E-state index contributed by atoms with van der Waals surface area (Å²) in [6, 6.07) is 17.8. The van der Waals surface area contributed by atoms with Gasteiger partial charge in [0.1, 0.15) is 12.4 Å². The van der Waals surface area contributed by atoms with Crippen LogP contribution in [0.5, 0.6) is 5.75 Å². The van der Waals surface area contributed by atoms with E-state index in [0.29, 0.717) is 6.61 Å². The maximum Gasteiger partial charge on any atom is 0.274 e. The van der Waals surface area contributed by atoms with Crippen molar-refractivity contribution >= 4 is 0 Å². The van der Waals surface area contributed by atoms with Crippen molar-refractivity contribution in [2.75, 3.05) is 13.1 Å². The monoisotopic (exact) mass is 413 g/mol. The molecule has 0 saturated carbocycles. The number of benzene rings is 2. The summed E-state index contributed by atoms with van der Waals surface area (Å²) in [5.74, 6) is 0.749. The van der Waals surface area contributed by atoms with Crippen LogP contribution in [0.4, 0.5) is 0 Å². The number of nitrogens with one attached hydrogen (secondary N) is 1. The summed E-state index contributed by atoms with van der Waals surface area (Å²) in [6.45, 7) is 3.12. The highest BCUT2D eigenvalue weighted by molar-refractivity contribution is 5.40. The zero-order chi connectivity index (χ0) is 21.0. The zero-order valence-corrected chi connectivity index (χ0v) is 17.6. The molecule has 0 radical (unpaired) electrons. The molecule has 1 aromatic heterocycles. The van der Waals surface area contributed by atoms with Crippen LogP contribution in [-0.4, -0.2) is 27.8 Å². The van der Waals surface area contributed by atoms with Crippen LogP contribution in [0.3, 0.4) is 0 Å². The fraction of sp³-hybridized carbons (Fsp3) is 0.269. The zero-order valence-electron chi connectivity index (χ0n) is 17.6. The predicted molar refractivity (Wildman–Crippen MR) is 123 cm³/mol. The van der Waals surface area contributed by atoms with E-state index in [2.05, 4.69) is 28.2 Å². The molecule has 1 aliphatic carbocycles. The van der Waals surface area contributed by atoms with Crippen LogP contribution in [0.15, 0.2) is 83.2 Å². The van der Waals surface area contributed by atoms with E-state index in [1.165, 1.54) is 5.57 Å². The van der Waals surface area contributed by atoms with Gasteiger partial charge in [-0.3, -0.25) is 14.8 Å². The van der Waals surface area contributed by atoms with Gasteiger partial charge in [-0.25, -0.2) is 4.68 Å². The van der Waals surface area contributed by atoms with Crippen molar-refractivity contribution < 1.29 is 4.74 Å². The average Bonchev–Trinajstić information content (AvgIpc) is 3.15. The van der Waals surface area contributed by atoms with Crippen LogP contribution >= 0.6 is 0 Å². The lowest BCUT2D eigenvalue weighted by atomic mass is 10.0. The van der Waals surface area contributed by atoms with E-state index in [1.807, 2.05) is 54.6 Å². The fourth-order valence-electron chi connectivity index (χ4n) is 4.29. The summed E-state index contributed by atoms with van der Waals surface area (Å²) in [6.07, 6.45) is 9.84. The van der Waals surface area contributed by atoms with E-state index in [4.69, 9.17) is 4.74 Å². The fourth-order valence-corrected chi connectivity index (χ4v) is 4.29. The lowest BCUT2D eigenvalue weighted by Crippen LogP contribution is -2.33. The Morgan fingerprint density at radius 2 is 1.94 bits per heavy atom. The number of fused-ring (bicyclic) bond motifs is 1. The molecule has 1 aliphatic heterocycles. The summed E-state index contributed by atoms with van der Waals surface area (Å²) >= 11 is 0. The van der Waals surface area contributed by atoms with Gasteiger partial charge in [0.2, 0.25) is 0 Å². The number of ether oxygens (including phenoxy) is 1.